The predicted molar refractivity (Wildman–Crippen MR) is 47.4 cm³/mol. The fourth-order valence-corrected chi connectivity index (χ4v) is 0.757. The lowest BCUT2D eigenvalue weighted by molar-refractivity contribution is 0.115. The van der Waals surface area contributed by atoms with Gasteiger partial charge in [-0.1, -0.05) is 6.92 Å². The van der Waals surface area contributed by atoms with Gasteiger partial charge in [0.2, 0.25) is 0 Å². The molecular weight excluding hydrogens is 138 g/mol. The molecule has 0 aliphatic rings. The van der Waals surface area contributed by atoms with Crippen molar-refractivity contribution in [1.82, 2.24) is 5.32 Å². The molecule has 0 aromatic heterocycles. The summed E-state index contributed by atoms with van der Waals surface area (Å²) in [6.45, 7) is 3.63. The van der Waals surface area contributed by atoms with Crippen LogP contribution in [-0.2, 0) is 4.74 Å². The maximum absolute atomic E-state index is 5.33. The first-order valence-electron chi connectivity index (χ1n) is 4.03. The van der Waals surface area contributed by atoms with E-state index in [4.69, 9.17) is 11.2 Å². The molecule has 0 aliphatic carbocycles. The first kappa shape index (κ1) is 10.5. The molecule has 0 bridgehead atoms. The van der Waals surface area contributed by atoms with E-state index in [-0.39, 0.29) is 0 Å². The van der Waals surface area contributed by atoms with Crippen LogP contribution in [0.4, 0.5) is 0 Å². The molecule has 2 nitrogen and oxygen atoms in total. The molecule has 0 amide bonds. The number of rotatable bonds is 6. The van der Waals surface area contributed by atoms with Crippen molar-refractivity contribution in [2.45, 2.75) is 25.8 Å². The van der Waals surface area contributed by atoms with Crippen LogP contribution < -0.4 is 5.32 Å². The van der Waals surface area contributed by atoms with Crippen LogP contribution in [0.3, 0.4) is 0 Å². The molecule has 0 radical (unpaired) electrons. The number of nitrogens with one attached hydrogen (secondary N) is 1. The van der Waals surface area contributed by atoms with Crippen LogP contribution in [0.2, 0.25) is 0 Å². The summed E-state index contributed by atoms with van der Waals surface area (Å²) in [6, 6.07) is 0.312. The number of hydrogen-bond donors (Lipinski definition) is 1. The van der Waals surface area contributed by atoms with E-state index in [1.807, 2.05) is 7.05 Å². The van der Waals surface area contributed by atoms with Gasteiger partial charge in [-0.3, -0.25) is 0 Å². The molecule has 0 spiro atoms. The molecule has 0 aromatic carbocycles. The summed E-state index contributed by atoms with van der Waals surface area (Å²) < 4.78 is 5.33. The van der Waals surface area contributed by atoms with Crippen molar-refractivity contribution in [2.24, 2.45) is 0 Å². The Hall–Kier alpha value is -0.520. The highest BCUT2D eigenvalue weighted by Gasteiger charge is 2.02. The quantitative estimate of drug-likeness (QED) is 0.457. The topological polar surface area (TPSA) is 21.3 Å². The molecule has 0 rings (SSSR count). The predicted octanol–water partition coefficient (Wildman–Crippen LogP) is 1.02. The van der Waals surface area contributed by atoms with Crippen molar-refractivity contribution < 1.29 is 4.74 Å². The summed E-state index contributed by atoms with van der Waals surface area (Å²) in [4.78, 5) is 0. The van der Waals surface area contributed by atoms with Crippen molar-refractivity contribution in [3.8, 4) is 12.3 Å². The van der Waals surface area contributed by atoms with E-state index >= 15 is 0 Å². The lowest BCUT2D eigenvalue weighted by atomic mass is 10.2. The van der Waals surface area contributed by atoms with Crippen molar-refractivity contribution in [1.29, 1.82) is 0 Å². The standard InChI is InChI=1S/C9H17NO/c1-4-6-9(10-3)8-11-7-5-2/h1,9-10H,5-8H2,2-3H3. The maximum Gasteiger partial charge on any atom is 0.0628 e. The average Bonchev–Trinajstić information content (AvgIpc) is 2.03. The third kappa shape index (κ3) is 5.90. The van der Waals surface area contributed by atoms with Gasteiger partial charge in [0.25, 0.3) is 0 Å². The van der Waals surface area contributed by atoms with Crippen molar-refractivity contribution in [3.05, 3.63) is 0 Å². The molecule has 0 aromatic rings. The molecular formula is C9H17NO. The van der Waals surface area contributed by atoms with E-state index in [0.29, 0.717) is 12.6 Å². The maximum atomic E-state index is 5.33. The Kier molecular flexibility index (Phi) is 7.23. The van der Waals surface area contributed by atoms with Crippen molar-refractivity contribution in [3.63, 3.8) is 0 Å². The summed E-state index contributed by atoms with van der Waals surface area (Å²) in [5.74, 6) is 2.60. The zero-order valence-corrected chi connectivity index (χ0v) is 7.39. The van der Waals surface area contributed by atoms with E-state index in [2.05, 4.69) is 18.2 Å². The number of ether oxygens (including phenoxy) is 1. The summed E-state index contributed by atoms with van der Waals surface area (Å²) in [7, 11) is 1.90. The highest BCUT2D eigenvalue weighted by molar-refractivity contribution is 4.89. The Bertz CT molecular complexity index is 117. The zero-order chi connectivity index (χ0) is 8.53. The van der Waals surface area contributed by atoms with Crippen LogP contribution in [0.15, 0.2) is 0 Å². The Labute approximate surface area is 69.3 Å². The van der Waals surface area contributed by atoms with Crippen LogP contribution in [0.1, 0.15) is 19.8 Å². The van der Waals surface area contributed by atoms with Crippen molar-refractivity contribution >= 4 is 0 Å². The highest BCUT2D eigenvalue weighted by Crippen LogP contribution is 1.91. The SMILES string of the molecule is C#CCC(COCCC)NC. The van der Waals surface area contributed by atoms with Crippen molar-refractivity contribution in [2.75, 3.05) is 20.3 Å². The fourth-order valence-electron chi connectivity index (χ4n) is 0.757. The number of likely N-dealkylation sites (N-methyl/N-ethyl adjacent to an activating group) is 1. The minimum absolute atomic E-state index is 0.312. The van der Waals surface area contributed by atoms with Crippen LogP contribution in [0, 0.1) is 12.3 Å². The normalized spacial score (nSPS) is 12.5. The lowest BCUT2D eigenvalue weighted by Gasteiger charge is -2.12. The Morgan fingerprint density at radius 3 is 2.82 bits per heavy atom. The molecule has 1 N–H and O–H groups in total. The minimum Gasteiger partial charge on any atom is -0.380 e. The number of hydrogen-bond acceptors (Lipinski definition) is 2. The molecule has 0 fully saturated rings. The molecule has 11 heavy (non-hydrogen) atoms. The first-order valence-corrected chi connectivity index (χ1v) is 4.03. The smallest absolute Gasteiger partial charge is 0.0628 e. The molecule has 0 saturated carbocycles. The van der Waals surface area contributed by atoms with E-state index in [0.717, 1.165) is 19.4 Å². The van der Waals surface area contributed by atoms with Crippen LogP contribution in [0.5, 0.6) is 0 Å². The molecule has 64 valence electrons. The Morgan fingerprint density at radius 1 is 1.64 bits per heavy atom. The van der Waals surface area contributed by atoms with Gasteiger partial charge in [0.05, 0.1) is 6.61 Å². The second-order valence-corrected chi connectivity index (χ2v) is 2.47. The summed E-state index contributed by atoms with van der Waals surface area (Å²) >= 11 is 0. The van der Waals surface area contributed by atoms with Gasteiger partial charge < -0.3 is 10.1 Å². The second-order valence-electron chi connectivity index (χ2n) is 2.47. The van der Waals surface area contributed by atoms with Crippen LogP contribution in [0.25, 0.3) is 0 Å². The summed E-state index contributed by atoms with van der Waals surface area (Å²) in [6.07, 6.45) is 6.96. The van der Waals surface area contributed by atoms with E-state index in [1.54, 1.807) is 0 Å². The fraction of sp³-hybridized carbons (Fsp3) is 0.778. The largest absolute Gasteiger partial charge is 0.380 e. The van der Waals surface area contributed by atoms with Gasteiger partial charge in [-0.05, 0) is 13.5 Å². The molecule has 1 atom stereocenters. The lowest BCUT2D eigenvalue weighted by Crippen LogP contribution is -2.29. The number of terminal acetylenes is 1. The average molecular weight is 155 g/mol. The Balaban J connectivity index is 3.30. The van der Waals surface area contributed by atoms with E-state index < -0.39 is 0 Å². The molecule has 0 aliphatic heterocycles. The van der Waals surface area contributed by atoms with Gasteiger partial charge in [0.15, 0.2) is 0 Å². The minimum atomic E-state index is 0.312. The van der Waals surface area contributed by atoms with Gasteiger partial charge in [-0.15, -0.1) is 12.3 Å². The third-order valence-electron chi connectivity index (χ3n) is 1.44. The van der Waals surface area contributed by atoms with E-state index in [1.165, 1.54) is 0 Å². The van der Waals surface area contributed by atoms with Gasteiger partial charge in [-0.25, -0.2) is 0 Å². The van der Waals surface area contributed by atoms with Crippen LogP contribution in [-0.4, -0.2) is 26.3 Å². The van der Waals surface area contributed by atoms with Gasteiger partial charge in [0.1, 0.15) is 0 Å². The first-order chi connectivity index (χ1) is 5.35. The summed E-state index contributed by atoms with van der Waals surface area (Å²) in [5, 5.41) is 3.09. The zero-order valence-electron chi connectivity index (χ0n) is 7.39. The summed E-state index contributed by atoms with van der Waals surface area (Å²) in [5.41, 5.74) is 0. The molecule has 2 heteroatoms. The molecule has 0 heterocycles. The Morgan fingerprint density at radius 2 is 2.36 bits per heavy atom. The third-order valence-corrected chi connectivity index (χ3v) is 1.44. The van der Waals surface area contributed by atoms with Gasteiger partial charge in [-0.2, -0.15) is 0 Å². The highest BCUT2D eigenvalue weighted by atomic mass is 16.5. The van der Waals surface area contributed by atoms with Gasteiger partial charge in [0, 0.05) is 19.1 Å². The molecule has 1 unspecified atom stereocenters. The van der Waals surface area contributed by atoms with Gasteiger partial charge >= 0.3 is 0 Å². The molecule has 0 saturated heterocycles. The monoisotopic (exact) mass is 155 g/mol. The second kappa shape index (κ2) is 7.59. The van der Waals surface area contributed by atoms with E-state index in [9.17, 15) is 0 Å². The van der Waals surface area contributed by atoms with Crippen LogP contribution >= 0.6 is 0 Å².